The van der Waals surface area contributed by atoms with Gasteiger partial charge in [-0.3, -0.25) is 4.79 Å². The van der Waals surface area contributed by atoms with Gasteiger partial charge >= 0.3 is 12.0 Å². The molecule has 24 heavy (non-hydrogen) atoms. The molecule has 1 aliphatic heterocycles. The van der Waals surface area contributed by atoms with Crippen LogP contribution in [0, 0.1) is 5.92 Å². The summed E-state index contributed by atoms with van der Waals surface area (Å²) in [6.07, 6.45) is 2.34. The number of urea groups is 1. The number of ether oxygens (including phenoxy) is 2. The van der Waals surface area contributed by atoms with Crippen molar-refractivity contribution in [1.29, 1.82) is 0 Å². The first-order valence-corrected chi connectivity index (χ1v) is 8.46. The minimum atomic E-state index is -0.206. The number of carbonyl (C=O) groups is 2. The van der Waals surface area contributed by atoms with Gasteiger partial charge in [0.1, 0.15) is 5.75 Å². The molecular formula is C18H26N2O4. The van der Waals surface area contributed by atoms with Crippen LogP contribution < -0.4 is 10.1 Å². The number of likely N-dealkylation sites (tertiary alicyclic amines) is 1. The Labute approximate surface area is 143 Å². The molecule has 132 valence electrons. The second-order valence-corrected chi connectivity index (χ2v) is 5.87. The van der Waals surface area contributed by atoms with E-state index in [0.717, 1.165) is 30.6 Å². The molecule has 0 radical (unpaired) electrons. The van der Waals surface area contributed by atoms with Crippen LogP contribution in [0.2, 0.25) is 0 Å². The Kier molecular flexibility index (Phi) is 6.90. The third-order valence-electron chi connectivity index (χ3n) is 4.15. The van der Waals surface area contributed by atoms with Gasteiger partial charge in [0.2, 0.25) is 0 Å². The summed E-state index contributed by atoms with van der Waals surface area (Å²) in [5.41, 5.74) is 1.11. The molecule has 0 saturated carbocycles. The number of esters is 1. The summed E-state index contributed by atoms with van der Waals surface area (Å²) in [4.78, 5) is 25.8. The van der Waals surface area contributed by atoms with E-state index in [1.807, 2.05) is 24.3 Å². The van der Waals surface area contributed by atoms with Gasteiger partial charge in [-0.25, -0.2) is 4.79 Å². The van der Waals surface area contributed by atoms with E-state index in [4.69, 9.17) is 9.47 Å². The quantitative estimate of drug-likeness (QED) is 0.810. The number of rotatable bonds is 6. The molecule has 6 nitrogen and oxygen atoms in total. The van der Waals surface area contributed by atoms with Gasteiger partial charge in [0.05, 0.1) is 19.6 Å². The SMILES string of the molecule is CCOC(=O)C1CCCN(C(=O)NCCc2cccc(OC)c2)C1. The number of nitrogens with zero attached hydrogens (tertiary/aromatic N) is 1. The van der Waals surface area contributed by atoms with E-state index in [-0.39, 0.29) is 17.9 Å². The molecule has 1 saturated heterocycles. The van der Waals surface area contributed by atoms with E-state index < -0.39 is 0 Å². The summed E-state index contributed by atoms with van der Waals surface area (Å²) in [6, 6.07) is 7.68. The van der Waals surface area contributed by atoms with Crippen LogP contribution in [0.5, 0.6) is 5.75 Å². The lowest BCUT2D eigenvalue weighted by Crippen LogP contribution is -2.47. The summed E-state index contributed by atoms with van der Waals surface area (Å²) >= 11 is 0. The predicted octanol–water partition coefficient (Wildman–Crippen LogP) is 2.22. The molecule has 0 spiro atoms. The van der Waals surface area contributed by atoms with Crippen molar-refractivity contribution in [2.75, 3.05) is 33.4 Å². The third kappa shape index (κ3) is 5.15. The molecule has 1 heterocycles. The summed E-state index contributed by atoms with van der Waals surface area (Å²) in [6.45, 7) is 3.84. The third-order valence-corrected chi connectivity index (χ3v) is 4.15. The van der Waals surface area contributed by atoms with Gasteiger partial charge in [-0.1, -0.05) is 12.1 Å². The summed E-state index contributed by atoms with van der Waals surface area (Å²) in [5.74, 6) is 0.404. The van der Waals surface area contributed by atoms with E-state index in [1.54, 1.807) is 18.9 Å². The molecule has 1 aliphatic rings. The number of hydrogen-bond donors (Lipinski definition) is 1. The van der Waals surface area contributed by atoms with Crippen LogP contribution in [-0.2, 0) is 16.0 Å². The molecule has 6 heteroatoms. The van der Waals surface area contributed by atoms with Crippen LogP contribution in [0.25, 0.3) is 0 Å². The Morgan fingerprint density at radius 3 is 2.96 bits per heavy atom. The largest absolute Gasteiger partial charge is 0.497 e. The van der Waals surface area contributed by atoms with Gasteiger partial charge in [-0.05, 0) is 43.9 Å². The molecular weight excluding hydrogens is 308 g/mol. The summed E-state index contributed by atoms with van der Waals surface area (Å²) < 4.78 is 10.3. The van der Waals surface area contributed by atoms with Crippen LogP contribution in [0.15, 0.2) is 24.3 Å². The Morgan fingerprint density at radius 1 is 1.38 bits per heavy atom. The average molecular weight is 334 g/mol. The molecule has 0 aliphatic carbocycles. The smallest absolute Gasteiger partial charge is 0.317 e. The van der Waals surface area contributed by atoms with E-state index in [2.05, 4.69) is 5.32 Å². The van der Waals surface area contributed by atoms with Crippen molar-refractivity contribution in [1.82, 2.24) is 10.2 Å². The number of benzene rings is 1. The van der Waals surface area contributed by atoms with Crippen LogP contribution in [-0.4, -0.2) is 50.3 Å². The molecule has 1 atom stereocenters. The zero-order valence-corrected chi connectivity index (χ0v) is 14.4. The first-order valence-electron chi connectivity index (χ1n) is 8.46. The highest BCUT2D eigenvalue weighted by molar-refractivity contribution is 5.77. The van der Waals surface area contributed by atoms with E-state index in [1.165, 1.54) is 0 Å². The number of amides is 2. The van der Waals surface area contributed by atoms with Gasteiger partial charge in [-0.15, -0.1) is 0 Å². The number of methoxy groups -OCH3 is 1. The lowest BCUT2D eigenvalue weighted by molar-refractivity contribution is -0.149. The zero-order chi connectivity index (χ0) is 17.4. The first-order chi connectivity index (χ1) is 11.6. The molecule has 1 aromatic carbocycles. The second kappa shape index (κ2) is 9.15. The first kappa shape index (κ1) is 18.1. The van der Waals surface area contributed by atoms with E-state index >= 15 is 0 Å². The fraction of sp³-hybridized carbons (Fsp3) is 0.556. The van der Waals surface area contributed by atoms with Crippen LogP contribution in [0.1, 0.15) is 25.3 Å². The monoisotopic (exact) mass is 334 g/mol. The van der Waals surface area contributed by atoms with Gasteiger partial charge in [0.15, 0.2) is 0 Å². The Morgan fingerprint density at radius 2 is 2.21 bits per heavy atom. The zero-order valence-electron chi connectivity index (χ0n) is 14.4. The lowest BCUT2D eigenvalue weighted by Gasteiger charge is -2.31. The number of nitrogens with one attached hydrogen (secondary N) is 1. The molecule has 2 amide bonds. The van der Waals surface area contributed by atoms with Crippen molar-refractivity contribution in [2.24, 2.45) is 5.92 Å². The minimum Gasteiger partial charge on any atom is -0.497 e. The van der Waals surface area contributed by atoms with Crippen molar-refractivity contribution in [3.8, 4) is 5.75 Å². The maximum absolute atomic E-state index is 12.3. The van der Waals surface area contributed by atoms with Crippen molar-refractivity contribution in [3.63, 3.8) is 0 Å². The molecule has 0 bridgehead atoms. The lowest BCUT2D eigenvalue weighted by atomic mass is 9.98. The van der Waals surface area contributed by atoms with Crippen LogP contribution in [0.3, 0.4) is 0 Å². The highest BCUT2D eigenvalue weighted by atomic mass is 16.5. The fourth-order valence-corrected chi connectivity index (χ4v) is 2.87. The summed E-state index contributed by atoms with van der Waals surface area (Å²) in [5, 5.41) is 2.92. The van der Waals surface area contributed by atoms with E-state index in [9.17, 15) is 9.59 Å². The minimum absolute atomic E-state index is 0.119. The van der Waals surface area contributed by atoms with Crippen molar-refractivity contribution >= 4 is 12.0 Å². The number of piperidine rings is 1. The van der Waals surface area contributed by atoms with Gasteiger partial charge < -0.3 is 19.7 Å². The molecule has 1 N–H and O–H groups in total. The van der Waals surface area contributed by atoms with Crippen molar-refractivity contribution in [2.45, 2.75) is 26.2 Å². The standard InChI is InChI=1S/C18H26N2O4/c1-3-24-17(21)15-7-5-11-20(13-15)18(22)19-10-9-14-6-4-8-16(12-14)23-2/h4,6,8,12,15H,3,5,7,9-11,13H2,1-2H3,(H,19,22). The average Bonchev–Trinajstić information content (AvgIpc) is 2.62. The number of hydrogen-bond acceptors (Lipinski definition) is 4. The molecule has 0 aromatic heterocycles. The van der Waals surface area contributed by atoms with E-state index in [0.29, 0.717) is 26.2 Å². The second-order valence-electron chi connectivity index (χ2n) is 5.87. The molecule has 1 aromatic rings. The van der Waals surface area contributed by atoms with Gasteiger partial charge in [0.25, 0.3) is 0 Å². The molecule has 1 unspecified atom stereocenters. The normalized spacial score (nSPS) is 17.2. The fourth-order valence-electron chi connectivity index (χ4n) is 2.87. The van der Waals surface area contributed by atoms with Crippen LogP contribution >= 0.6 is 0 Å². The summed E-state index contributed by atoms with van der Waals surface area (Å²) in [7, 11) is 1.64. The topological polar surface area (TPSA) is 67.9 Å². The van der Waals surface area contributed by atoms with Crippen molar-refractivity contribution < 1.29 is 19.1 Å². The Bertz CT molecular complexity index is 562. The highest BCUT2D eigenvalue weighted by Gasteiger charge is 2.29. The Hall–Kier alpha value is -2.24. The maximum Gasteiger partial charge on any atom is 0.317 e. The number of carbonyl (C=O) groups excluding carboxylic acids is 2. The van der Waals surface area contributed by atoms with Gasteiger partial charge in [0, 0.05) is 19.6 Å². The molecule has 1 fully saturated rings. The predicted molar refractivity (Wildman–Crippen MR) is 91.0 cm³/mol. The van der Waals surface area contributed by atoms with Crippen molar-refractivity contribution in [3.05, 3.63) is 29.8 Å². The Balaban J connectivity index is 1.78. The maximum atomic E-state index is 12.3. The molecule has 2 rings (SSSR count). The van der Waals surface area contributed by atoms with Gasteiger partial charge in [-0.2, -0.15) is 0 Å². The van der Waals surface area contributed by atoms with Crippen LogP contribution in [0.4, 0.5) is 4.79 Å². The highest BCUT2D eigenvalue weighted by Crippen LogP contribution is 2.18.